The molecule has 2 amide bonds. The Hall–Kier alpha value is -2.82. The number of rotatable bonds is 10. The number of amides is 2. The van der Waals surface area contributed by atoms with Gasteiger partial charge in [-0.2, -0.15) is 0 Å². The molecule has 1 atom stereocenters. The second kappa shape index (κ2) is 12.6. The highest BCUT2D eigenvalue weighted by molar-refractivity contribution is 6.31. The van der Waals surface area contributed by atoms with Crippen LogP contribution in [0.5, 0.6) is 0 Å². The number of nitrogens with zero attached hydrogens (tertiary/aromatic N) is 1. The third-order valence-corrected chi connectivity index (χ3v) is 6.11. The number of hydrogen-bond acceptors (Lipinski definition) is 2. The van der Waals surface area contributed by atoms with E-state index in [0.717, 1.165) is 16.7 Å². The minimum Gasteiger partial charge on any atom is -0.352 e. The molecule has 0 aliphatic heterocycles. The lowest BCUT2D eigenvalue weighted by atomic mass is 10.0. The van der Waals surface area contributed by atoms with E-state index < -0.39 is 6.04 Å². The van der Waals surface area contributed by atoms with Gasteiger partial charge in [-0.3, -0.25) is 9.59 Å². The van der Waals surface area contributed by atoms with Gasteiger partial charge in [0.05, 0.1) is 0 Å². The molecule has 0 fully saturated rings. The summed E-state index contributed by atoms with van der Waals surface area (Å²) in [4.78, 5) is 28.6. The second-order valence-corrected chi connectivity index (χ2v) is 9.46. The average molecular weight is 497 g/mol. The van der Waals surface area contributed by atoms with Gasteiger partial charge >= 0.3 is 0 Å². The van der Waals surface area contributed by atoms with Gasteiger partial charge in [0.25, 0.3) is 0 Å². The Bertz CT molecular complexity index is 1100. The van der Waals surface area contributed by atoms with Crippen molar-refractivity contribution in [3.05, 3.63) is 106 Å². The fourth-order valence-corrected chi connectivity index (χ4v) is 4.30. The van der Waals surface area contributed by atoms with Gasteiger partial charge in [-0.15, -0.1) is 0 Å². The molecule has 0 saturated carbocycles. The van der Waals surface area contributed by atoms with E-state index in [1.165, 1.54) is 0 Å². The van der Waals surface area contributed by atoms with Crippen LogP contribution in [-0.4, -0.2) is 28.8 Å². The molecule has 3 rings (SSSR count). The second-order valence-electron chi connectivity index (χ2n) is 8.61. The minimum absolute atomic E-state index is 0.0444. The van der Waals surface area contributed by atoms with Crippen LogP contribution in [0.1, 0.15) is 37.0 Å². The summed E-state index contributed by atoms with van der Waals surface area (Å²) in [5.41, 5.74) is 2.77. The smallest absolute Gasteiger partial charge is 0.243 e. The number of nitrogens with one attached hydrogen (secondary N) is 1. The molecular formula is C28H30Cl2N2O2. The van der Waals surface area contributed by atoms with Gasteiger partial charge in [-0.1, -0.05) is 83.9 Å². The monoisotopic (exact) mass is 496 g/mol. The zero-order valence-electron chi connectivity index (χ0n) is 19.5. The molecule has 178 valence electrons. The Morgan fingerprint density at radius 2 is 1.56 bits per heavy atom. The van der Waals surface area contributed by atoms with Crippen molar-refractivity contribution < 1.29 is 9.59 Å². The van der Waals surface area contributed by atoms with Crippen LogP contribution in [0.4, 0.5) is 0 Å². The Morgan fingerprint density at radius 1 is 0.882 bits per heavy atom. The lowest BCUT2D eigenvalue weighted by Crippen LogP contribution is -2.51. The molecule has 3 aromatic rings. The molecular weight excluding hydrogens is 467 g/mol. The Labute approximate surface area is 211 Å². The zero-order valence-corrected chi connectivity index (χ0v) is 21.0. The number of benzene rings is 3. The number of halogens is 2. The molecule has 0 radical (unpaired) electrons. The highest BCUT2D eigenvalue weighted by Gasteiger charge is 2.30. The Morgan fingerprint density at radius 3 is 2.24 bits per heavy atom. The van der Waals surface area contributed by atoms with Crippen LogP contribution >= 0.6 is 23.2 Å². The minimum atomic E-state index is -0.664. The summed E-state index contributed by atoms with van der Waals surface area (Å²) in [7, 11) is 0. The van der Waals surface area contributed by atoms with E-state index >= 15 is 0 Å². The van der Waals surface area contributed by atoms with Crippen LogP contribution in [0.15, 0.2) is 78.9 Å². The highest BCUT2D eigenvalue weighted by atomic mass is 35.5. The normalized spacial score (nSPS) is 11.8. The predicted octanol–water partition coefficient (Wildman–Crippen LogP) is 6.09. The van der Waals surface area contributed by atoms with E-state index in [9.17, 15) is 9.59 Å². The largest absolute Gasteiger partial charge is 0.352 e. The van der Waals surface area contributed by atoms with Crippen molar-refractivity contribution in [1.29, 1.82) is 0 Å². The van der Waals surface area contributed by atoms with E-state index in [0.29, 0.717) is 22.9 Å². The standard InChI is InChI=1S/C28H30Cl2N2O2/c1-20(2)31-28(34)26(18-21-9-4-3-5-10-21)32(19-22-11-8-13-24(29)17-22)27(33)16-15-23-12-6-7-14-25(23)30/h3-14,17,20,26H,15-16,18-19H2,1-2H3,(H,31,34)/t26-/m0/s1. The van der Waals surface area contributed by atoms with E-state index in [1.807, 2.05) is 86.6 Å². The first-order chi connectivity index (χ1) is 16.3. The van der Waals surface area contributed by atoms with Gasteiger partial charge in [0, 0.05) is 35.5 Å². The van der Waals surface area contributed by atoms with Gasteiger partial charge in [0.2, 0.25) is 11.8 Å². The lowest BCUT2D eigenvalue weighted by Gasteiger charge is -2.32. The van der Waals surface area contributed by atoms with Crippen LogP contribution in [0, 0.1) is 0 Å². The summed E-state index contributed by atoms with van der Waals surface area (Å²) in [6.07, 6.45) is 1.15. The molecule has 0 saturated heterocycles. The zero-order chi connectivity index (χ0) is 24.5. The predicted molar refractivity (Wildman–Crippen MR) is 139 cm³/mol. The maximum absolute atomic E-state index is 13.6. The van der Waals surface area contributed by atoms with Crippen molar-refractivity contribution in [2.75, 3.05) is 0 Å². The molecule has 0 bridgehead atoms. The first-order valence-electron chi connectivity index (χ1n) is 11.4. The first-order valence-corrected chi connectivity index (χ1v) is 12.2. The van der Waals surface area contributed by atoms with Crippen LogP contribution in [-0.2, 0) is 29.0 Å². The molecule has 6 heteroatoms. The fourth-order valence-electron chi connectivity index (χ4n) is 3.85. The molecule has 0 aliphatic carbocycles. The summed E-state index contributed by atoms with van der Waals surface area (Å²) < 4.78 is 0. The van der Waals surface area contributed by atoms with Gasteiger partial charge < -0.3 is 10.2 Å². The van der Waals surface area contributed by atoms with Crippen molar-refractivity contribution in [1.82, 2.24) is 10.2 Å². The van der Waals surface area contributed by atoms with Gasteiger partial charge in [-0.05, 0) is 55.2 Å². The third-order valence-electron chi connectivity index (χ3n) is 5.51. The molecule has 0 unspecified atom stereocenters. The molecule has 34 heavy (non-hydrogen) atoms. The maximum Gasteiger partial charge on any atom is 0.243 e. The van der Waals surface area contributed by atoms with Crippen LogP contribution in [0.25, 0.3) is 0 Å². The summed E-state index contributed by atoms with van der Waals surface area (Å²) in [5.74, 6) is -0.285. The fraction of sp³-hybridized carbons (Fsp3) is 0.286. The summed E-state index contributed by atoms with van der Waals surface area (Å²) in [6.45, 7) is 4.11. The maximum atomic E-state index is 13.6. The Kier molecular flexibility index (Phi) is 9.55. The van der Waals surface area contributed by atoms with Gasteiger partial charge in [-0.25, -0.2) is 0 Å². The summed E-state index contributed by atoms with van der Waals surface area (Å²) >= 11 is 12.5. The Balaban J connectivity index is 1.92. The van der Waals surface area contributed by atoms with Crippen molar-refractivity contribution in [2.45, 2.75) is 51.7 Å². The third kappa shape index (κ3) is 7.61. The SMILES string of the molecule is CC(C)NC(=O)[C@H](Cc1ccccc1)N(Cc1cccc(Cl)c1)C(=O)CCc1ccccc1Cl. The van der Waals surface area contributed by atoms with E-state index in [2.05, 4.69) is 5.32 Å². The van der Waals surface area contributed by atoms with Crippen LogP contribution in [0.2, 0.25) is 10.0 Å². The number of carbonyl (C=O) groups excluding carboxylic acids is 2. The van der Waals surface area contributed by atoms with Crippen molar-refractivity contribution in [2.24, 2.45) is 0 Å². The van der Waals surface area contributed by atoms with E-state index in [1.54, 1.807) is 11.0 Å². The molecule has 4 nitrogen and oxygen atoms in total. The van der Waals surface area contributed by atoms with Crippen molar-refractivity contribution in [3.8, 4) is 0 Å². The van der Waals surface area contributed by atoms with Crippen LogP contribution < -0.4 is 5.32 Å². The molecule has 1 N–H and O–H groups in total. The first kappa shape index (κ1) is 25.8. The highest BCUT2D eigenvalue weighted by Crippen LogP contribution is 2.21. The van der Waals surface area contributed by atoms with E-state index in [4.69, 9.17) is 23.2 Å². The van der Waals surface area contributed by atoms with Crippen molar-refractivity contribution in [3.63, 3.8) is 0 Å². The number of hydrogen-bond donors (Lipinski definition) is 1. The topological polar surface area (TPSA) is 49.4 Å². The lowest BCUT2D eigenvalue weighted by molar-refractivity contribution is -0.141. The number of aryl methyl sites for hydroxylation is 1. The van der Waals surface area contributed by atoms with Gasteiger partial charge in [0.15, 0.2) is 0 Å². The van der Waals surface area contributed by atoms with Crippen molar-refractivity contribution >= 4 is 35.0 Å². The molecule has 0 aliphatic rings. The summed E-state index contributed by atoms with van der Waals surface area (Å²) in [5, 5.41) is 4.22. The molecule has 0 aromatic heterocycles. The quantitative estimate of drug-likeness (QED) is 0.369. The molecule has 0 heterocycles. The number of carbonyl (C=O) groups is 2. The summed E-state index contributed by atoms with van der Waals surface area (Å²) in [6, 6.07) is 24.0. The molecule has 0 spiro atoms. The van der Waals surface area contributed by atoms with E-state index in [-0.39, 0.29) is 30.8 Å². The molecule has 3 aromatic carbocycles. The van der Waals surface area contributed by atoms with Gasteiger partial charge in [0.1, 0.15) is 6.04 Å². The average Bonchev–Trinajstić information content (AvgIpc) is 2.81. The van der Waals surface area contributed by atoms with Crippen LogP contribution in [0.3, 0.4) is 0 Å².